The number of methoxy groups -OCH3 is 1. The first-order valence-corrected chi connectivity index (χ1v) is 5.44. The van der Waals surface area contributed by atoms with Crippen LogP contribution in [0, 0.1) is 0 Å². The third kappa shape index (κ3) is 2.37. The van der Waals surface area contributed by atoms with E-state index in [0.717, 1.165) is 5.56 Å². The van der Waals surface area contributed by atoms with Crippen molar-refractivity contribution in [2.45, 2.75) is 12.5 Å². The van der Waals surface area contributed by atoms with Crippen molar-refractivity contribution in [3.8, 4) is 11.5 Å². The van der Waals surface area contributed by atoms with E-state index in [4.69, 9.17) is 14.6 Å². The van der Waals surface area contributed by atoms with E-state index >= 15 is 0 Å². The van der Waals surface area contributed by atoms with Crippen LogP contribution in [0.1, 0.15) is 5.56 Å². The zero-order chi connectivity index (χ0) is 13.1. The van der Waals surface area contributed by atoms with Gasteiger partial charge in [-0.15, -0.1) is 0 Å². The molecule has 2 rings (SSSR count). The molecule has 1 unspecified atom stereocenters. The van der Waals surface area contributed by atoms with Crippen LogP contribution in [0.15, 0.2) is 18.2 Å². The van der Waals surface area contributed by atoms with E-state index in [9.17, 15) is 9.59 Å². The smallest absolute Gasteiger partial charge is 0.394 e. The third-order valence-corrected chi connectivity index (χ3v) is 2.70. The first kappa shape index (κ1) is 12.2. The number of amides is 1. The quantitative estimate of drug-likeness (QED) is 0.733. The molecule has 1 aromatic rings. The topological polar surface area (TPSA) is 84.9 Å². The molecule has 1 amide bonds. The van der Waals surface area contributed by atoms with Crippen LogP contribution < -0.4 is 14.8 Å². The second kappa shape index (κ2) is 4.95. The van der Waals surface area contributed by atoms with E-state index in [2.05, 4.69) is 5.32 Å². The predicted octanol–water partition coefficient (Wildman–Crippen LogP) is 0.199. The van der Waals surface area contributed by atoms with Crippen LogP contribution in [0.3, 0.4) is 0 Å². The van der Waals surface area contributed by atoms with E-state index in [1.54, 1.807) is 13.2 Å². The number of benzene rings is 1. The minimum atomic E-state index is -1.49. The van der Waals surface area contributed by atoms with Crippen LogP contribution in [0.2, 0.25) is 0 Å². The monoisotopic (exact) mass is 251 g/mol. The molecule has 2 N–H and O–H groups in total. The number of carboxylic acids is 1. The lowest BCUT2D eigenvalue weighted by Gasteiger charge is -2.26. The summed E-state index contributed by atoms with van der Waals surface area (Å²) in [5, 5.41) is 10.9. The zero-order valence-electron chi connectivity index (χ0n) is 9.80. The predicted molar refractivity (Wildman–Crippen MR) is 61.8 cm³/mol. The highest BCUT2D eigenvalue weighted by molar-refractivity contribution is 6.31. The normalized spacial score (nSPS) is 17.3. The molecular weight excluding hydrogens is 238 g/mol. The Morgan fingerprint density at radius 2 is 2.28 bits per heavy atom. The number of hydrogen-bond donors (Lipinski definition) is 2. The van der Waals surface area contributed by atoms with Gasteiger partial charge in [0.05, 0.1) is 13.2 Å². The van der Waals surface area contributed by atoms with Gasteiger partial charge >= 0.3 is 11.9 Å². The first-order valence-electron chi connectivity index (χ1n) is 5.44. The average molecular weight is 251 g/mol. The lowest BCUT2D eigenvalue weighted by atomic mass is 10.0. The second-order valence-electron chi connectivity index (χ2n) is 3.94. The zero-order valence-corrected chi connectivity index (χ0v) is 9.80. The lowest BCUT2D eigenvalue weighted by Crippen LogP contribution is -2.45. The van der Waals surface area contributed by atoms with Gasteiger partial charge in [-0.3, -0.25) is 4.79 Å². The van der Waals surface area contributed by atoms with Gasteiger partial charge in [0.25, 0.3) is 0 Å². The molecule has 0 bridgehead atoms. The fraction of sp³-hybridized carbons (Fsp3) is 0.333. The molecule has 1 aliphatic heterocycles. The highest BCUT2D eigenvalue weighted by Crippen LogP contribution is 2.34. The molecule has 0 fully saturated rings. The summed E-state index contributed by atoms with van der Waals surface area (Å²) < 4.78 is 10.7. The molecule has 0 saturated carbocycles. The summed E-state index contributed by atoms with van der Waals surface area (Å²) >= 11 is 0. The Labute approximate surface area is 104 Å². The molecule has 0 aromatic heterocycles. The molecular formula is C12H13NO5. The fourth-order valence-electron chi connectivity index (χ4n) is 1.89. The minimum absolute atomic E-state index is 0.229. The third-order valence-electron chi connectivity index (χ3n) is 2.70. The number of para-hydroxylation sites is 1. The summed E-state index contributed by atoms with van der Waals surface area (Å²) in [6, 6.07) is 5.13. The first-order chi connectivity index (χ1) is 8.61. The number of ether oxygens (including phenoxy) is 2. The molecule has 1 aromatic carbocycles. The molecule has 0 aliphatic carbocycles. The van der Waals surface area contributed by atoms with Crippen molar-refractivity contribution in [1.82, 2.24) is 5.32 Å². The van der Waals surface area contributed by atoms with Crippen molar-refractivity contribution < 1.29 is 24.2 Å². The fourth-order valence-corrected chi connectivity index (χ4v) is 1.89. The van der Waals surface area contributed by atoms with Crippen molar-refractivity contribution in [3.05, 3.63) is 23.8 Å². The molecule has 6 nitrogen and oxygen atoms in total. The maximum atomic E-state index is 11.1. The number of carboxylic acid groups (broad SMARTS) is 1. The summed E-state index contributed by atoms with van der Waals surface area (Å²) in [5.41, 5.74) is 0.885. The van der Waals surface area contributed by atoms with Crippen molar-refractivity contribution in [2.75, 3.05) is 13.7 Å². The number of aliphatic carboxylic acids is 1. The summed E-state index contributed by atoms with van der Waals surface area (Å²) in [6.07, 6.45) is 0.519. The maximum Gasteiger partial charge on any atom is 0.394 e. The number of carbonyl (C=O) groups is 2. The van der Waals surface area contributed by atoms with Gasteiger partial charge in [0, 0.05) is 5.56 Å². The van der Waals surface area contributed by atoms with Gasteiger partial charge in [0.2, 0.25) is 0 Å². The van der Waals surface area contributed by atoms with Crippen LogP contribution in [0.4, 0.5) is 0 Å². The Balaban J connectivity index is 2.11. The lowest BCUT2D eigenvalue weighted by molar-refractivity contribution is -0.150. The molecule has 1 heterocycles. The number of carbonyl (C=O) groups excluding carboxylic acids is 1. The highest BCUT2D eigenvalue weighted by atomic mass is 16.5. The van der Waals surface area contributed by atoms with Gasteiger partial charge in [-0.1, -0.05) is 12.1 Å². The van der Waals surface area contributed by atoms with Gasteiger partial charge in [0.1, 0.15) is 6.61 Å². The van der Waals surface area contributed by atoms with Gasteiger partial charge < -0.3 is 19.9 Å². The molecule has 96 valence electrons. The standard InChI is InChI=1S/C12H13NO5/c1-17-9-4-2-3-7-5-8(6-18-10(7)9)13-11(14)12(15)16/h2-4,8H,5-6H2,1H3,(H,13,14)(H,15,16). The molecule has 6 heteroatoms. The van der Waals surface area contributed by atoms with E-state index in [-0.39, 0.29) is 12.6 Å². The largest absolute Gasteiger partial charge is 0.493 e. The van der Waals surface area contributed by atoms with Gasteiger partial charge in [-0.05, 0) is 12.5 Å². The molecule has 0 saturated heterocycles. The average Bonchev–Trinajstić information content (AvgIpc) is 2.37. The molecule has 0 radical (unpaired) electrons. The molecule has 18 heavy (non-hydrogen) atoms. The van der Waals surface area contributed by atoms with E-state index in [1.165, 1.54) is 0 Å². The summed E-state index contributed by atoms with van der Waals surface area (Å²) in [5.74, 6) is -1.22. The number of rotatable bonds is 2. The SMILES string of the molecule is COc1cccc2c1OCC(NC(=O)C(=O)O)C2. The minimum Gasteiger partial charge on any atom is -0.493 e. The van der Waals surface area contributed by atoms with Crippen LogP contribution in [0.5, 0.6) is 11.5 Å². The van der Waals surface area contributed by atoms with Gasteiger partial charge in [-0.25, -0.2) is 4.79 Å². The molecule has 0 spiro atoms. The van der Waals surface area contributed by atoms with Crippen molar-refractivity contribution >= 4 is 11.9 Å². The van der Waals surface area contributed by atoms with Crippen molar-refractivity contribution in [3.63, 3.8) is 0 Å². The van der Waals surface area contributed by atoms with E-state index in [0.29, 0.717) is 17.9 Å². The summed E-state index contributed by atoms with van der Waals surface area (Å²) in [6.45, 7) is 0.229. The van der Waals surface area contributed by atoms with E-state index in [1.807, 2.05) is 12.1 Å². The second-order valence-corrected chi connectivity index (χ2v) is 3.94. The Kier molecular flexibility index (Phi) is 3.36. The highest BCUT2D eigenvalue weighted by Gasteiger charge is 2.25. The summed E-state index contributed by atoms with van der Waals surface area (Å²) in [4.78, 5) is 21.5. The molecule has 1 aliphatic rings. The van der Waals surface area contributed by atoms with Crippen LogP contribution in [-0.4, -0.2) is 36.7 Å². The number of fused-ring (bicyclic) bond motifs is 1. The van der Waals surface area contributed by atoms with Gasteiger partial charge in [-0.2, -0.15) is 0 Å². The van der Waals surface area contributed by atoms with Crippen molar-refractivity contribution in [2.24, 2.45) is 0 Å². The number of hydrogen-bond acceptors (Lipinski definition) is 4. The number of nitrogens with one attached hydrogen (secondary N) is 1. The van der Waals surface area contributed by atoms with Crippen LogP contribution in [0.25, 0.3) is 0 Å². The van der Waals surface area contributed by atoms with Gasteiger partial charge in [0.15, 0.2) is 11.5 Å². The van der Waals surface area contributed by atoms with Crippen molar-refractivity contribution in [1.29, 1.82) is 0 Å². The Bertz CT molecular complexity index is 485. The van der Waals surface area contributed by atoms with Crippen LogP contribution in [-0.2, 0) is 16.0 Å². The molecule has 1 atom stereocenters. The van der Waals surface area contributed by atoms with E-state index < -0.39 is 11.9 Å². The summed E-state index contributed by atoms with van der Waals surface area (Å²) in [7, 11) is 1.55. The Hall–Kier alpha value is -2.24. The van der Waals surface area contributed by atoms with Crippen LogP contribution >= 0.6 is 0 Å². The maximum absolute atomic E-state index is 11.1. The Morgan fingerprint density at radius 3 is 2.94 bits per heavy atom. The Morgan fingerprint density at radius 1 is 1.50 bits per heavy atom.